The molecule has 0 aliphatic carbocycles. The largest absolute Gasteiger partial charge is 0.345 e. The van der Waals surface area contributed by atoms with Crippen molar-refractivity contribution in [2.24, 2.45) is 14.1 Å². The minimum absolute atomic E-state index is 0.160. The van der Waals surface area contributed by atoms with E-state index >= 15 is 0 Å². The first-order chi connectivity index (χ1) is 13.2. The van der Waals surface area contributed by atoms with Gasteiger partial charge in [0.2, 0.25) is 0 Å². The van der Waals surface area contributed by atoms with E-state index in [1.54, 1.807) is 38.4 Å². The van der Waals surface area contributed by atoms with Crippen molar-refractivity contribution >= 4 is 28.5 Å². The van der Waals surface area contributed by atoms with Crippen LogP contribution in [0.1, 0.15) is 20.7 Å². The van der Waals surface area contributed by atoms with Gasteiger partial charge in [0.05, 0.1) is 10.9 Å². The first kappa shape index (κ1) is 19.0. The third kappa shape index (κ3) is 3.29. The van der Waals surface area contributed by atoms with Crippen LogP contribution in [-0.2, 0) is 14.1 Å². The summed E-state index contributed by atoms with van der Waals surface area (Å²) in [5.74, 6) is -0.673. The molecule has 0 saturated heterocycles. The van der Waals surface area contributed by atoms with Crippen LogP contribution in [0.4, 0.5) is 5.69 Å². The Bertz CT molecular complexity index is 1220. The Hall–Kier alpha value is -3.75. The van der Waals surface area contributed by atoms with Crippen molar-refractivity contribution in [1.82, 2.24) is 19.0 Å². The Morgan fingerprint density at radius 1 is 1.04 bits per heavy atom. The molecule has 28 heavy (non-hydrogen) atoms. The van der Waals surface area contributed by atoms with Gasteiger partial charge >= 0.3 is 5.69 Å². The van der Waals surface area contributed by atoms with Gasteiger partial charge in [0.15, 0.2) is 0 Å². The number of pyridine rings is 1. The zero-order valence-electron chi connectivity index (χ0n) is 15.9. The third-order valence-corrected chi connectivity index (χ3v) is 4.33. The average Bonchev–Trinajstić information content (AvgIpc) is 2.69. The standard InChI is InChI=1S/C19H19N5O4/c1-22(2)17(26)11-6-5-7-13(8-11)21-16(25)12-9-14-15(20-10-12)23(3)19(28)24(4)18(14)27/h5-10H,1-4H3,(H,21,25). The summed E-state index contributed by atoms with van der Waals surface area (Å²) in [6, 6.07) is 7.93. The van der Waals surface area contributed by atoms with Crippen LogP contribution in [0.25, 0.3) is 11.0 Å². The highest BCUT2D eigenvalue weighted by atomic mass is 16.2. The molecule has 0 aliphatic rings. The van der Waals surface area contributed by atoms with E-state index in [9.17, 15) is 19.2 Å². The minimum Gasteiger partial charge on any atom is -0.345 e. The van der Waals surface area contributed by atoms with E-state index in [2.05, 4.69) is 10.3 Å². The number of hydrogen-bond donors (Lipinski definition) is 1. The number of aryl methyl sites for hydroxylation is 1. The molecule has 0 saturated carbocycles. The number of fused-ring (bicyclic) bond motifs is 1. The van der Waals surface area contributed by atoms with Crippen LogP contribution in [0.2, 0.25) is 0 Å². The number of amides is 2. The molecule has 0 atom stereocenters. The van der Waals surface area contributed by atoms with Crippen molar-refractivity contribution in [3.63, 3.8) is 0 Å². The Morgan fingerprint density at radius 2 is 1.75 bits per heavy atom. The molecule has 3 aromatic rings. The van der Waals surface area contributed by atoms with Gasteiger partial charge in [-0.25, -0.2) is 9.78 Å². The molecule has 0 fully saturated rings. The first-order valence-corrected chi connectivity index (χ1v) is 8.39. The molecular weight excluding hydrogens is 362 g/mol. The summed E-state index contributed by atoms with van der Waals surface area (Å²) >= 11 is 0. The number of carbonyl (C=O) groups is 2. The second kappa shape index (κ2) is 7.10. The molecule has 0 spiro atoms. The molecule has 0 bridgehead atoms. The summed E-state index contributed by atoms with van der Waals surface area (Å²) in [6.07, 6.45) is 1.30. The predicted molar refractivity (Wildman–Crippen MR) is 105 cm³/mol. The lowest BCUT2D eigenvalue weighted by atomic mass is 10.1. The van der Waals surface area contributed by atoms with Crippen LogP contribution >= 0.6 is 0 Å². The highest BCUT2D eigenvalue weighted by Crippen LogP contribution is 2.14. The van der Waals surface area contributed by atoms with Crippen molar-refractivity contribution in [1.29, 1.82) is 0 Å². The van der Waals surface area contributed by atoms with Crippen molar-refractivity contribution in [2.75, 3.05) is 19.4 Å². The zero-order chi connectivity index (χ0) is 20.6. The number of rotatable bonds is 3. The summed E-state index contributed by atoms with van der Waals surface area (Å²) in [4.78, 5) is 54.5. The van der Waals surface area contributed by atoms with Crippen molar-refractivity contribution in [2.45, 2.75) is 0 Å². The summed E-state index contributed by atoms with van der Waals surface area (Å²) in [5, 5.41) is 2.85. The second-order valence-electron chi connectivity index (χ2n) is 6.54. The van der Waals surface area contributed by atoms with Crippen LogP contribution in [-0.4, -0.2) is 44.9 Å². The maximum absolute atomic E-state index is 12.6. The van der Waals surface area contributed by atoms with E-state index in [0.717, 1.165) is 4.57 Å². The average molecular weight is 381 g/mol. The number of aromatic nitrogens is 3. The molecule has 1 N–H and O–H groups in total. The number of hydrogen-bond acceptors (Lipinski definition) is 5. The molecule has 9 heteroatoms. The number of anilines is 1. The van der Waals surface area contributed by atoms with Gasteiger partial charge in [-0.1, -0.05) is 6.07 Å². The SMILES string of the molecule is CN(C)C(=O)c1cccc(NC(=O)c2cnc3c(c2)c(=O)n(C)c(=O)n3C)c1. The quantitative estimate of drug-likeness (QED) is 0.715. The normalized spacial score (nSPS) is 10.7. The van der Waals surface area contributed by atoms with Crippen LogP contribution < -0.4 is 16.6 Å². The Labute approximate surface area is 159 Å². The minimum atomic E-state index is -0.529. The summed E-state index contributed by atoms with van der Waals surface area (Å²) in [6.45, 7) is 0. The Morgan fingerprint density at radius 3 is 2.43 bits per heavy atom. The molecule has 2 heterocycles. The molecule has 1 aromatic carbocycles. The van der Waals surface area contributed by atoms with Crippen molar-refractivity contribution in [3.05, 3.63) is 68.5 Å². The van der Waals surface area contributed by atoms with Gasteiger partial charge < -0.3 is 10.2 Å². The van der Waals surface area contributed by atoms with Gasteiger partial charge in [-0.2, -0.15) is 0 Å². The van der Waals surface area contributed by atoms with Crippen molar-refractivity contribution in [3.8, 4) is 0 Å². The molecule has 0 radical (unpaired) electrons. The van der Waals surface area contributed by atoms with E-state index in [1.807, 2.05) is 0 Å². The number of carbonyl (C=O) groups excluding carboxylic acids is 2. The highest BCUT2D eigenvalue weighted by molar-refractivity contribution is 6.06. The van der Waals surface area contributed by atoms with Gasteiger partial charge in [-0.3, -0.25) is 23.5 Å². The van der Waals surface area contributed by atoms with Crippen LogP contribution in [0, 0.1) is 0 Å². The molecule has 2 aromatic heterocycles. The zero-order valence-corrected chi connectivity index (χ0v) is 15.9. The van der Waals surface area contributed by atoms with E-state index in [4.69, 9.17) is 0 Å². The molecule has 2 amide bonds. The topological polar surface area (TPSA) is 106 Å². The van der Waals surface area contributed by atoms with E-state index < -0.39 is 17.2 Å². The summed E-state index contributed by atoms with van der Waals surface area (Å²) in [7, 11) is 6.15. The van der Waals surface area contributed by atoms with Crippen molar-refractivity contribution < 1.29 is 9.59 Å². The van der Waals surface area contributed by atoms with Gasteiger partial charge in [-0.15, -0.1) is 0 Å². The fourth-order valence-corrected chi connectivity index (χ4v) is 2.78. The van der Waals surface area contributed by atoms with Crippen LogP contribution in [0.3, 0.4) is 0 Å². The summed E-state index contributed by atoms with van der Waals surface area (Å²) in [5.41, 5.74) is 0.202. The molecule has 0 aliphatic heterocycles. The first-order valence-electron chi connectivity index (χ1n) is 8.39. The fraction of sp³-hybridized carbons (Fsp3) is 0.211. The molecule has 9 nitrogen and oxygen atoms in total. The van der Waals surface area contributed by atoms with E-state index in [-0.39, 0.29) is 22.5 Å². The smallest absolute Gasteiger partial charge is 0.332 e. The number of nitrogens with one attached hydrogen (secondary N) is 1. The summed E-state index contributed by atoms with van der Waals surface area (Å²) < 4.78 is 2.21. The Balaban J connectivity index is 1.97. The third-order valence-electron chi connectivity index (χ3n) is 4.33. The molecular formula is C19H19N5O4. The lowest BCUT2D eigenvalue weighted by Gasteiger charge is -2.12. The molecule has 0 unspecified atom stereocenters. The van der Waals surface area contributed by atoms with E-state index in [0.29, 0.717) is 11.3 Å². The van der Waals surface area contributed by atoms with Crippen LogP contribution in [0.15, 0.2) is 46.1 Å². The lowest BCUT2D eigenvalue weighted by molar-refractivity contribution is 0.0827. The maximum atomic E-state index is 12.6. The maximum Gasteiger partial charge on any atom is 0.332 e. The Kier molecular flexibility index (Phi) is 4.83. The monoisotopic (exact) mass is 381 g/mol. The molecule has 144 valence electrons. The van der Waals surface area contributed by atoms with Gasteiger partial charge in [0, 0.05) is 45.6 Å². The van der Waals surface area contributed by atoms with E-state index in [1.165, 1.54) is 35.8 Å². The van der Waals surface area contributed by atoms with Gasteiger partial charge in [0.25, 0.3) is 17.4 Å². The fourth-order valence-electron chi connectivity index (χ4n) is 2.78. The number of nitrogens with zero attached hydrogens (tertiary/aromatic N) is 4. The number of benzene rings is 1. The van der Waals surface area contributed by atoms with Gasteiger partial charge in [0.1, 0.15) is 5.65 Å². The second-order valence-corrected chi connectivity index (χ2v) is 6.54. The van der Waals surface area contributed by atoms with Crippen LogP contribution in [0.5, 0.6) is 0 Å². The van der Waals surface area contributed by atoms with Gasteiger partial charge in [-0.05, 0) is 24.3 Å². The predicted octanol–water partition coefficient (Wildman–Crippen LogP) is 0.586. The lowest BCUT2D eigenvalue weighted by Crippen LogP contribution is -2.37. The molecule has 3 rings (SSSR count). The highest BCUT2D eigenvalue weighted by Gasteiger charge is 2.15.